The third-order valence-corrected chi connectivity index (χ3v) is 2.66. The van der Waals surface area contributed by atoms with Gasteiger partial charge in [0.25, 0.3) is 0 Å². The first-order chi connectivity index (χ1) is 6.89. The van der Waals surface area contributed by atoms with Crippen LogP contribution in [0.5, 0.6) is 0 Å². The predicted octanol–water partition coefficient (Wildman–Crippen LogP) is 1.39. The first-order valence-electron chi connectivity index (χ1n) is 4.81. The van der Waals surface area contributed by atoms with Crippen LogP contribution >= 0.6 is 0 Å². The lowest BCUT2D eigenvalue weighted by atomic mass is 9.83. The fraction of sp³-hybridized carbons (Fsp3) is 0.545. The largest absolute Gasteiger partial charge is 0.298 e. The van der Waals surface area contributed by atoms with E-state index in [9.17, 15) is 4.79 Å². The zero-order chi connectivity index (χ0) is 11.6. The third-order valence-electron chi connectivity index (χ3n) is 2.66. The Bertz CT molecular complexity index is 428. The molecule has 0 bridgehead atoms. The standard InChI is InChI=1S/C11H15N3O/c1-8-5-10(14(4)13-8)6-11(3,7-12)9(2)15/h5H,6H2,1-4H3. The van der Waals surface area contributed by atoms with E-state index in [0.29, 0.717) is 6.42 Å². The van der Waals surface area contributed by atoms with Gasteiger partial charge in [0, 0.05) is 19.2 Å². The zero-order valence-electron chi connectivity index (χ0n) is 9.53. The molecule has 1 unspecified atom stereocenters. The molecule has 15 heavy (non-hydrogen) atoms. The summed E-state index contributed by atoms with van der Waals surface area (Å²) in [6, 6.07) is 3.97. The maximum Gasteiger partial charge on any atom is 0.150 e. The van der Waals surface area contributed by atoms with Gasteiger partial charge in [-0.1, -0.05) is 0 Å². The molecule has 1 atom stereocenters. The minimum Gasteiger partial charge on any atom is -0.298 e. The van der Waals surface area contributed by atoms with Gasteiger partial charge in [-0.05, 0) is 26.8 Å². The van der Waals surface area contributed by atoms with Gasteiger partial charge in [0.05, 0.1) is 11.8 Å². The van der Waals surface area contributed by atoms with Crippen molar-refractivity contribution in [1.82, 2.24) is 9.78 Å². The van der Waals surface area contributed by atoms with Gasteiger partial charge in [-0.25, -0.2) is 0 Å². The predicted molar refractivity (Wildman–Crippen MR) is 56.1 cm³/mol. The monoisotopic (exact) mass is 205 g/mol. The normalized spacial score (nSPS) is 14.3. The third kappa shape index (κ3) is 2.24. The first kappa shape index (κ1) is 11.4. The number of rotatable bonds is 3. The average molecular weight is 205 g/mol. The molecule has 0 aliphatic rings. The first-order valence-corrected chi connectivity index (χ1v) is 4.81. The number of hydrogen-bond acceptors (Lipinski definition) is 3. The van der Waals surface area contributed by atoms with E-state index in [1.54, 1.807) is 11.6 Å². The van der Waals surface area contributed by atoms with Gasteiger partial charge in [-0.3, -0.25) is 9.48 Å². The van der Waals surface area contributed by atoms with E-state index in [4.69, 9.17) is 5.26 Å². The van der Waals surface area contributed by atoms with Gasteiger partial charge in [0.2, 0.25) is 0 Å². The van der Waals surface area contributed by atoms with Crippen LogP contribution in [0.15, 0.2) is 6.07 Å². The Morgan fingerprint density at radius 2 is 2.33 bits per heavy atom. The second-order valence-corrected chi connectivity index (χ2v) is 4.08. The molecule has 0 aromatic carbocycles. The van der Waals surface area contributed by atoms with Crippen molar-refractivity contribution in [2.75, 3.05) is 0 Å². The molecule has 0 aliphatic carbocycles. The van der Waals surface area contributed by atoms with Crippen molar-refractivity contribution in [3.05, 3.63) is 17.5 Å². The number of aromatic nitrogens is 2. The molecular weight excluding hydrogens is 190 g/mol. The van der Waals surface area contributed by atoms with Crippen LogP contribution in [0.3, 0.4) is 0 Å². The lowest BCUT2D eigenvalue weighted by Crippen LogP contribution is -2.27. The molecule has 0 saturated heterocycles. The second-order valence-electron chi connectivity index (χ2n) is 4.08. The van der Waals surface area contributed by atoms with E-state index < -0.39 is 5.41 Å². The molecule has 4 nitrogen and oxygen atoms in total. The molecule has 80 valence electrons. The van der Waals surface area contributed by atoms with E-state index in [-0.39, 0.29) is 5.78 Å². The lowest BCUT2D eigenvalue weighted by molar-refractivity contribution is -0.123. The Hall–Kier alpha value is -1.63. The van der Waals surface area contributed by atoms with Crippen LogP contribution in [0, 0.1) is 23.7 Å². The topological polar surface area (TPSA) is 58.7 Å². The minimum atomic E-state index is -0.944. The van der Waals surface area contributed by atoms with Crippen molar-refractivity contribution >= 4 is 5.78 Å². The molecule has 0 spiro atoms. The maximum absolute atomic E-state index is 11.4. The van der Waals surface area contributed by atoms with Crippen LogP contribution in [-0.4, -0.2) is 15.6 Å². The number of nitrogens with zero attached hydrogens (tertiary/aromatic N) is 3. The highest BCUT2D eigenvalue weighted by Crippen LogP contribution is 2.22. The van der Waals surface area contributed by atoms with Crippen LogP contribution in [-0.2, 0) is 18.3 Å². The Balaban J connectivity index is 3.00. The van der Waals surface area contributed by atoms with Crippen LogP contribution < -0.4 is 0 Å². The summed E-state index contributed by atoms with van der Waals surface area (Å²) in [6.45, 7) is 5.01. The molecule has 0 aliphatic heterocycles. The van der Waals surface area contributed by atoms with E-state index in [2.05, 4.69) is 11.2 Å². The van der Waals surface area contributed by atoms with Gasteiger partial charge < -0.3 is 0 Å². The zero-order valence-corrected chi connectivity index (χ0v) is 9.53. The van der Waals surface area contributed by atoms with Crippen LogP contribution in [0.1, 0.15) is 25.2 Å². The number of ketones is 1. The van der Waals surface area contributed by atoms with E-state index in [1.807, 2.05) is 20.0 Å². The van der Waals surface area contributed by atoms with E-state index in [0.717, 1.165) is 11.4 Å². The SMILES string of the molecule is CC(=O)C(C)(C#N)Cc1cc(C)nn1C. The Kier molecular flexibility index (Phi) is 2.94. The summed E-state index contributed by atoms with van der Waals surface area (Å²) >= 11 is 0. The van der Waals surface area contributed by atoms with Crippen molar-refractivity contribution in [2.24, 2.45) is 12.5 Å². The number of nitriles is 1. The lowest BCUT2D eigenvalue weighted by Gasteiger charge is -2.17. The summed E-state index contributed by atoms with van der Waals surface area (Å²) < 4.78 is 1.72. The summed E-state index contributed by atoms with van der Waals surface area (Å²) in [5, 5.41) is 13.2. The Labute approximate surface area is 89.5 Å². The highest BCUT2D eigenvalue weighted by atomic mass is 16.1. The molecule has 1 heterocycles. The van der Waals surface area contributed by atoms with Gasteiger partial charge >= 0.3 is 0 Å². The maximum atomic E-state index is 11.4. The fourth-order valence-corrected chi connectivity index (χ4v) is 1.43. The molecule has 4 heteroatoms. The average Bonchev–Trinajstić information content (AvgIpc) is 2.44. The second kappa shape index (κ2) is 3.85. The Morgan fingerprint density at radius 1 is 1.73 bits per heavy atom. The molecule has 0 saturated carbocycles. The smallest absolute Gasteiger partial charge is 0.150 e. The number of aryl methyl sites for hydroxylation is 2. The summed E-state index contributed by atoms with van der Waals surface area (Å²) in [5.41, 5.74) is 0.864. The van der Waals surface area contributed by atoms with E-state index in [1.165, 1.54) is 6.92 Å². The molecule has 1 rings (SSSR count). The molecule has 1 aromatic heterocycles. The molecule has 0 radical (unpaired) electrons. The fourth-order valence-electron chi connectivity index (χ4n) is 1.43. The number of carbonyl (C=O) groups is 1. The summed E-state index contributed by atoms with van der Waals surface area (Å²) in [7, 11) is 1.82. The van der Waals surface area contributed by atoms with Crippen LogP contribution in [0.4, 0.5) is 0 Å². The quantitative estimate of drug-likeness (QED) is 0.749. The van der Waals surface area contributed by atoms with Crippen LogP contribution in [0.2, 0.25) is 0 Å². The van der Waals surface area contributed by atoms with Gasteiger partial charge in [-0.2, -0.15) is 10.4 Å². The van der Waals surface area contributed by atoms with Crippen molar-refractivity contribution in [1.29, 1.82) is 5.26 Å². The van der Waals surface area contributed by atoms with Gasteiger partial charge in [0.15, 0.2) is 0 Å². The summed E-state index contributed by atoms with van der Waals surface area (Å²) in [4.78, 5) is 11.4. The molecule has 0 N–H and O–H groups in total. The molecule has 0 fully saturated rings. The minimum absolute atomic E-state index is 0.108. The number of carbonyl (C=O) groups excluding carboxylic acids is 1. The number of Topliss-reactive ketones (excluding diaryl/α,β-unsaturated/α-hetero) is 1. The van der Waals surface area contributed by atoms with Crippen molar-refractivity contribution in [3.63, 3.8) is 0 Å². The van der Waals surface area contributed by atoms with E-state index >= 15 is 0 Å². The van der Waals surface area contributed by atoms with Crippen LogP contribution in [0.25, 0.3) is 0 Å². The Morgan fingerprint density at radius 3 is 2.67 bits per heavy atom. The van der Waals surface area contributed by atoms with Gasteiger partial charge in [0.1, 0.15) is 11.2 Å². The van der Waals surface area contributed by atoms with Crippen molar-refractivity contribution in [3.8, 4) is 6.07 Å². The highest BCUT2D eigenvalue weighted by Gasteiger charge is 2.31. The van der Waals surface area contributed by atoms with Gasteiger partial charge in [-0.15, -0.1) is 0 Å². The molecule has 1 aromatic rings. The number of hydrogen-bond donors (Lipinski definition) is 0. The summed E-state index contributed by atoms with van der Waals surface area (Å²) in [5.74, 6) is -0.108. The summed E-state index contributed by atoms with van der Waals surface area (Å²) in [6.07, 6.45) is 0.413. The highest BCUT2D eigenvalue weighted by molar-refractivity contribution is 5.84. The molecular formula is C11H15N3O. The van der Waals surface area contributed by atoms with Crippen molar-refractivity contribution < 1.29 is 4.79 Å². The van der Waals surface area contributed by atoms with Crippen molar-refractivity contribution in [2.45, 2.75) is 27.2 Å². The molecule has 0 amide bonds.